The Morgan fingerprint density at radius 3 is 2.79 bits per heavy atom. The number of hydrogen-bond donors (Lipinski definition) is 2. The second-order valence-corrected chi connectivity index (χ2v) is 5.59. The molecular formula is C15H13BrN2O. The molecule has 3 N–H and O–H groups in total. The van der Waals surface area contributed by atoms with E-state index in [2.05, 4.69) is 27.3 Å². The zero-order chi connectivity index (χ0) is 13.4. The number of amides is 1. The second-order valence-electron chi connectivity index (χ2n) is 4.68. The molecule has 3 nitrogen and oxygen atoms in total. The minimum Gasteiger partial charge on any atom is -0.397 e. The quantitative estimate of drug-likeness (QED) is 0.835. The number of carbonyl (C=O) groups is 1. The molecule has 1 amide bonds. The first-order valence-electron chi connectivity index (χ1n) is 6.09. The van der Waals surface area contributed by atoms with E-state index in [0.29, 0.717) is 11.4 Å². The van der Waals surface area contributed by atoms with Crippen LogP contribution in [0.4, 0.5) is 11.4 Å². The number of rotatable bonds is 2. The Labute approximate surface area is 119 Å². The number of benzene rings is 2. The summed E-state index contributed by atoms with van der Waals surface area (Å²) in [6.07, 6.45) is 0.804. The monoisotopic (exact) mass is 316 g/mol. The van der Waals surface area contributed by atoms with Gasteiger partial charge in [0.05, 0.1) is 17.3 Å². The Kier molecular flexibility index (Phi) is 3.03. The van der Waals surface area contributed by atoms with E-state index in [0.717, 1.165) is 16.5 Å². The van der Waals surface area contributed by atoms with Crippen LogP contribution < -0.4 is 11.1 Å². The first-order chi connectivity index (χ1) is 9.15. The van der Waals surface area contributed by atoms with Crippen molar-refractivity contribution >= 4 is 33.2 Å². The summed E-state index contributed by atoms with van der Waals surface area (Å²) >= 11 is 3.34. The summed E-state index contributed by atoms with van der Waals surface area (Å²) in [7, 11) is 0. The molecule has 1 aliphatic carbocycles. The lowest BCUT2D eigenvalue weighted by Crippen LogP contribution is -2.30. The van der Waals surface area contributed by atoms with Gasteiger partial charge in [-0.3, -0.25) is 4.79 Å². The van der Waals surface area contributed by atoms with Gasteiger partial charge in [0.1, 0.15) is 0 Å². The molecule has 4 heteroatoms. The number of fused-ring (bicyclic) bond motifs is 1. The molecule has 19 heavy (non-hydrogen) atoms. The predicted octanol–water partition coefficient (Wildman–Crippen LogP) is 3.31. The van der Waals surface area contributed by atoms with Gasteiger partial charge >= 0.3 is 0 Å². The predicted molar refractivity (Wildman–Crippen MR) is 80.1 cm³/mol. The van der Waals surface area contributed by atoms with Crippen LogP contribution in [0.3, 0.4) is 0 Å². The third kappa shape index (κ3) is 2.24. The van der Waals surface area contributed by atoms with Gasteiger partial charge in [-0.25, -0.2) is 0 Å². The summed E-state index contributed by atoms with van der Waals surface area (Å²) in [4.78, 5) is 12.2. The fourth-order valence-corrected chi connectivity index (χ4v) is 2.74. The van der Waals surface area contributed by atoms with Gasteiger partial charge < -0.3 is 11.1 Å². The highest BCUT2D eigenvalue weighted by Gasteiger charge is 2.31. The van der Waals surface area contributed by atoms with Gasteiger partial charge in [-0.05, 0) is 35.7 Å². The van der Waals surface area contributed by atoms with E-state index in [1.54, 1.807) is 6.07 Å². The van der Waals surface area contributed by atoms with Crippen molar-refractivity contribution in [2.24, 2.45) is 0 Å². The number of hydrogen-bond acceptors (Lipinski definition) is 2. The fraction of sp³-hybridized carbons (Fsp3) is 0.133. The minimum absolute atomic E-state index is 0.00715. The largest absolute Gasteiger partial charge is 0.397 e. The van der Waals surface area contributed by atoms with Gasteiger partial charge in [0.25, 0.3) is 0 Å². The van der Waals surface area contributed by atoms with Gasteiger partial charge in [0, 0.05) is 4.47 Å². The van der Waals surface area contributed by atoms with Crippen LogP contribution in [0.25, 0.3) is 0 Å². The molecule has 0 saturated carbocycles. The van der Waals surface area contributed by atoms with Crippen LogP contribution in [0.1, 0.15) is 17.0 Å². The maximum atomic E-state index is 12.2. The smallest absolute Gasteiger partial charge is 0.232 e. The molecular weight excluding hydrogens is 304 g/mol. The lowest BCUT2D eigenvalue weighted by Gasteiger charge is -2.29. The minimum atomic E-state index is -0.0563. The number of anilines is 2. The molecule has 3 rings (SSSR count). The highest BCUT2D eigenvalue weighted by Crippen LogP contribution is 2.36. The molecule has 2 aromatic carbocycles. The molecule has 0 fully saturated rings. The molecule has 0 spiro atoms. The number of nitrogens with two attached hydrogens (primary N) is 1. The summed E-state index contributed by atoms with van der Waals surface area (Å²) in [5.41, 5.74) is 9.49. The van der Waals surface area contributed by atoms with E-state index < -0.39 is 0 Å². The maximum Gasteiger partial charge on any atom is 0.232 e. The molecule has 0 radical (unpaired) electrons. The third-order valence-corrected chi connectivity index (χ3v) is 3.94. The molecule has 0 bridgehead atoms. The first-order valence-corrected chi connectivity index (χ1v) is 6.88. The summed E-state index contributed by atoms with van der Waals surface area (Å²) < 4.78 is 0.900. The van der Waals surface area contributed by atoms with Gasteiger partial charge in [-0.2, -0.15) is 0 Å². The van der Waals surface area contributed by atoms with Crippen molar-refractivity contribution in [2.75, 3.05) is 11.1 Å². The van der Waals surface area contributed by atoms with Crippen LogP contribution in [-0.4, -0.2) is 5.91 Å². The van der Waals surface area contributed by atoms with Crippen molar-refractivity contribution in [2.45, 2.75) is 12.3 Å². The highest BCUT2D eigenvalue weighted by molar-refractivity contribution is 9.10. The van der Waals surface area contributed by atoms with Gasteiger partial charge in [-0.15, -0.1) is 0 Å². The molecule has 0 heterocycles. The molecule has 1 atom stereocenters. The average Bonchev–Trinajstić information content (AvgIpc) is 2.34. The Balaban J connectivity index is 1.77. The van der Waals surface area contributed by atoms with Crippen LogP contribution in [0.5, 0.6) is 0 Å². The van der Waals surface area contributed by atoms with Crippen molar-refractivity contribution < 1.29 is 4.79 Å². The van der Waals surface area contributed by atoms with Gasteiger partial charge in [-0.1, -0.05) is 40.2 Å². The van der Waals surface area contributed by atoms with E-state index in [1.165, 1.54) is 5.56 Å². The van der Waals surface area contributed by atoms with Gasteiger partial charge in [0.15, 0.2) is 0 Å². The van der Waals surface area contributed by atoms with Gasteiger partial charge in [0.2, 0.25) is 5.91 Å². The van der Waals surface area contributed by atoms with Crippen LogP contribution in [0.15, 0.2) is 46.9 Å². The number of halogens is 1. The Bertz CT molecular complexity index is 654. The summed E-state index contributed by atoms with van der Waals surface area (Å²) in [6.45, 7) is 0. The van der Waals surface area contributed by atoms with Crippen LogP contribution >= 0.6 is 15.9 Å². The standard InChI is InChI=1S/C15H13BrN2O/c16-10-5-6-14(13(17)8-10)18-15(19)12-7-9-3-1-2-4-11(9)12/h1-6,8,12H,7,17H2,(H,18,19). The molecule has 1 unspecified atom stereocenters. The van der Waals surface area contributed by atoms with Crippen molar-refractivity contribution in [3.8, 4) is 0 Å². The molecule has 1 aliphatic rings. The van der Waals surface area contributed by atoms with Crippen molar-refractivity contribution in [1.29, 1.82) is 0 Å². The number of nitrogens with one attached hydrogen (secondary N) is 1. The third-order valence-electron chi connectivity index (χ3n) is 3.44. The molecule has 96 valence electrons. The Hall–Kier alpha value is -1.81. The lowest BCUT2D eigenvalue weighted by atomic mass is 9.77. The summed E-state index contributed by atoms with van der Waals surface area (Å²) in [5, 5.41) is 2.90. The zero-order valence-corrected chi connectivity index (χ0v) is 11.8. The molecule has 0 saturated heterocycles. The maximum absolute atomic E-state index is 12.2. The highest BCUT2D eigenvalue weighted by atomic mass is 79.9. The van der Waals surface area contributed by atoms with Crippen LogP contribution in [0.2, 0.25) is 0 Å². The SMILES string of the molecule is Nc1cc(Br)ccc1NC(=O)C1Cc2ccccc21. The zero-order valence-electron chi connectivity index (χ0n) is 10.2. The summed E-state index contributed by atoms with van der Waals surface area (Å²) in [6, 6.07) is 13.5. The Morgan fingerprint density at radius 1 is 1.26 bits per heavy atom. The van der Waals surface area contributed by atoms with Crippen LogP contribution in [-0.2, 0) is 11.2 Å². The lowest BCUT2D eigenvalue weighted by molar-refractivity contribution is -0.118. The van der Waals surface area contributed by atoms with E-state index in [4.69, 9.17) is 5.73 Å². The van der Waals surface area contributed by atoms with E-state index in [1.807, 2.05) is 30.3 Å². The summed E-state index contributed by atoms with van der Waals surface area (Å²) in [5.74, 6) is -0.0491. The first kappa shape index (κ1) is 12.2. The molecule has 0 aromatic heterocycles. The topological polar surface area (TPSA) is 55.1 Å². The Morgan fingerprint density at radius 2 is 2.05 bits per heavy atom. The van der Waals surface area contributed by atoms with Crippen LogP contribution in [0, 0.1) is 0 Å². The molecule has 0 aliphatic heterocycles. The fourth-order valence-electron chi connectivity index (χ4n) is 2.36. The molecule has 2 aromatic rings. The number of nitrogen functional groups attached to an aromatic ring is 1. The van der Waals surface area contributed by atoms with Crippen molar-refractivity contribution in [3.63, 3.8) is 0 Å². The van der Waals surface area contributed by atoms with E-state index >= 15 is 0 Å². The van der Waals surface area contributed by atoms with E-state index in [9.17, 15) is 4.79 Å². The second kappa shape index (κ2) is 4.70. The van der Waals surface area contributed by atoms with Crippen molar-refractivity contribution in [3.05, 3.63) is 58.1 Å². The van der Waals surface area contributed by atoms with E-state index in [-0.39, 0.29) is 11.8 Å². The average molecular weight is 317 g/mol. The number of carbonyl (C=O) groups excluding carboxylic acids is 1. The van der Waals surface area contributed by atoms with Crippen molar-refractivity contribution in [1.82, 2.24) is 0 Å². The normalized spacial score (nSPS) is 16.4.